The molecule has 2 aliphatic rings. The number of nitrogens with zero attached hydrogens (tertiary/aromatic N) is 1. The van der Waals surface area contributed by atoms with Gasteiger partial charge in [0.1, 0.15) is 5.78 Å². The quantitative estimate of drug-likeness (QED) is 0.719. The highest BCUT2D eigenvalue weighted by Gasteiger charge is 2.50. The molecule has 0 aromatic heterocycles. The highest BCUT2D eigenvalue weighted by Crippen LogP contribution is 2.47. The molecule has 4 heteroatoms. The average molecular weight is 259 g/mol. The molecule has 0 radical (unpaired) electrons. The van der Waals surface area contributed by atoms with E-state index in [4.69, 9.17) is 4.74 Å². The van der Waals surface area contributed by atoms with E-state index in [1.54, 1.807) is 4.90 Å². The third kappa shape index (κ3) is 1.66. The molecule has 1 fully saturated rings. The van der Waals surface area contributed by atoms with Crippen LogP contribution in [0.3, 0.4) is 0 Å². The van der Waals surface area contributed by atoms with E-state index in [-0.39, 0.29) is 11.9 Å². The number of rotatable bonds is 0. The van der Waals surface area contributed by atoms with Gasteiger partial charge in [-0.15, -0.1) is 0 Å². The van der Waals surface area contributed by atoms with E-state index in [1.807, 2.05) is 24.3 Å². The molecule has 19 heavy (non-hydrogen) atoms. The third-order valence-electron chi connectivity index (χ3n) is 4.32. The Morgan fingerprint density at radius 1 is 1.32 bits per heavy atom. The number of methoxy groups -OCH3 is 1. The van der Waals surface area contributed by atoms with Crippen LogP contribution in [-0.4, -0.2) is 25.5 Å². The third-order valence-corrected chi connectivity index (χ3v) is 4.32. The SMILES string of the molecule is COC(=O)N1CC2(CCCCC2=O)c2ccccc21. The molecule has 3 rings (SSSR count). The Morgan fingerprint density at radius 3 is 2.84 bits per heavy atom. The van der Waals surface area contributed by atoms with Crippen LogP contribution in [-0.2, 0) is 14.9 Å². The lowest BCUT2D eigenvalue weighted by molar-refractivity contribution is -0.125. The Hall–Kier alpha value is -1.84. The predicted octanol–water partition coefficient (Wildman–Crippen LogP) is 2.65. The van der Waals surface area contributed by atoms with Crippen LogP contribution >= 0.6 is 0 Å². The highest BCUT2D eigenvalue weighted by molar-refractivity contribution is 6.01. The molecule has 0 saturated heterocycles. The summed E-state index contributed by atoms with van der Waals surface area (Å²) in [5, 5.41) is 0. The Bertz CT molecular complexity index is 540. The molecule has 1 heterocycles. The monoisotopic (exact) mass is 259 g/mol. The van der Waals surface area contributed by atoms with Gasteiger partial charge in [0.25, 0.3) is 0 Å². The number of amides is 1. The molecule has 0 N–H and O–H groups in total. The van der Waals surface area contributed by atoms with Crippen molar-refractivity contribution in [2.45, 2.75) is 31.1 Å². The van der Waals surface area contributed by atoms with Gasteiger partial charge in [-0.1, -0.05) is 24.6 Å². The molecule has 1 amide bonds. The normalized spacial score (nSPS) is 25.5. The Balaban J connectivity index is 2.10. The first kappa shape index (κ1) is 12.2. The number of fused-ring (bicyclic) bond motifs is 2. The number of carbonyl (C=O) groups excluding carboxylic acids is 2. The van der Waals surface area contributed by atoms with Crippen LogP contribution in [0.15, 0.2) is 24.3 Å². The highest BCUT2D eigenvalue weighted by atomic mass is 16.5. The van der Waals surface area contributed by atoms with E-state index in [0.29, 0.717) is 13.0 Å². The van der Waals surface area contributed by atoms with Crippen LogP contribution in [0, 0.1) is 0 Å². The van der Waals surface area contributed by atoms with Crippen LogP contribution in [0.2, 0.25) is 0 Å². The molecule has 1 aliphatic heterocycles. The second-order valence-electron chi connectivity index (χ2n) is 5.29. The smallest absolute Gasteiger partial charge is 0.414 e. The topological polar surface area (TPSA) is 46.6 Å². The van der Waals surface area contributed by atoms with Gasteiger partial charge in [0.15, 0.2) is 0 Å². The zero-order chi connectivity index (χ0) is 13.5. The molecule has 1 atom stereocenters. The number of anilines is 1. The van der Waals surface area contributed by atoms with Crippen molar-refractivity contribution in [3.8, 4) is 0 Å². The van der Waals surface area contributed by atoms with E-state index in [1.165, 1.54) is 7.11 Å². The minimum atomic E-state index is -0.497. The van der Waals surface area contributed by atoms with Crippen LogP contribution in [0.1, 0.15) is 31.2 Å². The molecular formula is C15H17NO3. The number of hydrogen-bond acceptors (Lipinski definition) is 3. The number of Topliss-reactive ketones (excluding diaryl/α,β-unsaturated/α-hetero) is 1. The van der Waals surface area contributed by atoms with Crippen molar-refractivity contribution in [1.29, 1.82) is 0 Å². The zero-order valence-electron chi connectivity index (χ0n) is 11.0. The first-order valence-corrected chi connectivity index (χ1v) is 6.67. The van der Waals surface area contributed by atoms with Gasteiger partial charge >= 0.3 is 6.09 Å². The maximum atomic E-state index is 12.5. The fourth-order valence-corrected chi connectivity index (χ4v) is 3.37. The summed E-state index contributed by atoms with van der Waals surface area (Å²) in [6.45, 7) is 0.428. The summed E-state index contributed by atoms with van der Waals surface area (Å²) in [6, 6.07) is 7.69. The number of para-hydroxylation sites is 1. The molecule has 100 valence electrons. The van der Waals surface area contributed by atoms with Crippen LogP contribution in [0.5, 0.6) is 0 Å². The molecule has 0 bridgehead atoms. The van der Waals surface area contributed by atoms with Crippen molar-refractivity contribution in [3.05, 3.63) is 29.8 Å². The minimum Gasteiger partial charge on any atom is -0.452 e. The predicted molar refractivity (Wildman–Crippen MR) is 71.3 cm³/mol. The van der Waals surface area contributed by atoms with Crippen LogP contribution in [0.25, 0.3) is 0 Å². The first-order chi connectivity index (χ1) is 9.19. The van der Waals surface area contributed by atoms with E-state index in [0.717, 1.165) is 30.5 Å². The lowest BCUT2D eigenvalue weighted by Gasteiger charge is -2.32. The lowest BCUT2D eigenvalue weighted by Crippen LogP contribution is -2.44. The molecule has 1 aromatic rings. The molecule has 1 saturated carbocycles. The average Bonchev–Trinajstić information content (AvgIpc) is 2.78. The van der Waals surface area contributed by atoms with Crippen molar-refractivity contribution in [3.63, 3.8) is 0 Å². The molecule has 1 aliphatic carbocycles. The zero-order valence-corrected chi connectivity index (χ0v) is 11.0. The Labute approximate surface area is 112 Å². The van der Waals surface area contributed by atoms with Crippen molar-refractivity contribution < 1.29 is 14.3 Å². The summed E-state index contributed by atoms with van der Waals surface area (Å²) in [5.41, 5.74) is 1.32. The number of carbonyl (C=O) groups is 2. The largest absolute Gasteiger partial charge is 0.452 e. The van der Waals surface area contributed by atoms with Gasteiger partial charge in [-0.3, -0.25) is 9.69 Å². The minimum absolute atomic E-state index is 0.262. The van der Waals surface area contributed by atoms with E-state index < -0.39 is 5.41 Å². The molecule has 1 spiro atoms. The number of hydrogen-bond donors (Lipinski definition) is 0. The molecule has 1 aromatic carbocycles. The van der Waals surface area contributed by atoms with Gasteiger partial charge in [-0.25, -0.2) is 4.79 Å². The standard InChI is InChI=1S/C15H17NO3/c1-19-14(18)16-10-15(9-5-4-8-13(15)17)11-6-2-3-7-12(11)16/h2-3,6-7H,4-5,8-10H2,1H3. The number of benzene rings is 1. The van der Waals surface area contributed by atoms with Gasteiger partial charge in [0.05, 0.1) is 18.2 Å². The van der Waals surface area contributed by atoms with E-state index in [9.17, 15) is 9.59 Å². The maximum Gasteiger partial charge on any atom is 0.414 e. The van der Waals surface area contributed by atoms with Crippen molar-refractivity contribution in [2.75, 3.05) is 18.6 Å². The number of ether oxygens (including phenoxy) is 1. The second kappa shape index (κ2) is 4.37. The summed E-state index contributed by atoms with van der Waals surface area (Å²) in [5.74, 6) is 0.262. The number of ketones is 1. The summed E-state index contributed by atoms with van der Waals surface area (Å²) >= 11 is 0. The fraction of sp³-hybridized carbons (Fsp3) is 0.467. The first-order valence-electron chi connectivity index (χ1n) is 6.67. The molecule has 1 unspecified atom stereocenters. The fourth-order valence-electron chi connectivity index (χ4n) is 3.37. The lowest BCUT2D eigenvalue weighted by atomic mass is 9.70. The van der Waals surface area contributed by atoms with Crippen molar-refractivity contribution >= 4 is 17.6 Å². The Kier molecular flexibility index (Phi) is 2.81. The van der Waals surface area contributed by atoms with Crippen molar-refractivity contribution in [2.24, 2.45) is 0 Å². The van der Waals surface area contributed by atoms with Gasteiger partial charge in [-0.2, -0.15) is 0 Å². The second-order valence-corrected chi connectivity index (χ2v) is 5.29. The summed E-state index contributed by atoms with van der Waals surface area (Å²) < 4.78 is 4.84. The summed E-state index contributed by atoms with van der Waals surface area (Å²) in [6.07, 6.45) is 3.05. The Morgan fingerprint density at radius 2 is 2.11 bits per heavy atom. The van der Waals surface area contributed by atoms with Gasteiger partial charge in [-0.05, 0) is 24.5 Å². The van der Waals surface area contributed by atoms with Gasteiger partial charge in [0.2, 0.25) is 0 Å². The summed E-state index contributed by atoms with van der Waals surface area (Å²) in [7, 11) is 1.37. The van der Waals surface area contributed by atoms with Crippen LogP contribution < -0.4 is 4.90 Å². The van der Waals surface area contributed by atoms with Crippen LogP contribution in [0.4, 0.5) is 10.5 Å². The van der Waals surface area contributed by atoms with E-state index >= 15 is 0 Å². The molecular weight excluding hydrogens is 242 g/mol. The van der Waals surface area contributed by atoms with Gasteiger partial charge in [0, 0.05) is 13.0 Å². The maximum absolute atomic E-state index is 12.5. The summed E-state index contributed by atoms with van der Waals surface area (Å²) in [4.78, 5) is 26.0. The molecule has 4 nitrogen and oxygen atoms in total. The van der Waals surface area contributed by atoms with E-state index in [2.05, 4.69) is 0 Å². The van der Waals surface area contributed by atoms with Gasteiger partial charge < -0.3 is 4.74 Å². The van der Waals surface area contributed by atoms with Crippen molar-refractivity contribution in [1.82, 2.24) is 0 Å².